The number of halogens is 2. The molecule has 1 atom stereocenters. The van der Waals surface area contributed by atoms with Gasteiger partial charge in [0.25, 0.3) is 0 Å². The summed E-state index contributed by atoms with van der Waals surface area (Å²) in [6, 6.07) is 11.3. The Morgan fingerprint density at radius 2 is 1.87 bits per heavy atom. The van der Waals surface area contributed by atoms with Crippen molar-refractivity contribution in [3.63, 3.8) is 0 Å². The summed E-state index contributed by atoms with van der Waals surface area (Å²) in [4.78, 5) is 8.91. The second-order valence-corrected chi connectivity index (χ2v) is 7.33. The molecule has 5 nitrogen and oxygen atoms in total. The first kappa shape index (κ1) is 18.7. The van der Waals surface area contributed by atoms with Crippen molar-refractivity contribution in [2.45, 2.75) is 18.9 Å². The average Bonchev–Trinajstić information content (AvgIpc) is 3.14. The van der Waals surface area contributed by atoms with E-state index in [1.54, 1.807) is 18.6 Å². The van der Waals surface area contributed by atoms with Gasteiger partial charge in [0.15, 0.2) is 0 Å². The summed E-state index contributed by atoms with van der Waals surface area (Å²) in [5.74, 6) is -0.819. The zero-order valence-electron chi connectivity index (χ0n) is 16.2. The fraction of sp³-hybridized carbons (Fsp3) is 0.217. The van der Waals surface area contributed by atoms with Gasteiger partial charge >= 0.3 is 0 Å². The number of aromatic nitrogens is 3. The summed E-state index contributed by atoms with van der Waals surface area (Å²) in [6.07, 6.45) is 6.99. The molecule has 0 saturated carbocycles. The summed E-state index contributed by atoms with van der Waals surface area (Å²) in [7, 11) is 0. The molecule has 1 aliphatic heterocycles. The first-order valence-electron chi connectivity index (χ1n) is 9.95. The van der Waals surface area contributed by atoms with Crippen molar-refractivity contribution in [3.8, 4) is 22.8 Å². The van der Waals surface area contributed by atoms with Crippen LogP contribution in [-0.2, 0) is 0 Å². The zero-order valence-corrected chi connectivity index (χ0v) is 16.2. The van der Waals surface area contributed by atoms with E-state index in [0.29, 0.717) is 17.1 Å². The minimum absolute atomic E-state index is 0.0529. The van der Waals surface area contributed by atoms with Crippen LogP contribution in [0.2, 0.25) is 0 Å². The van der Waals surface area contributed by atoms with Crippen molar-refractivity contribution in [2.24, 2.45) is 0 Å². The smallest absolute Gasteiger partial charge is 0.233 e. The SMILES string of the molecule is Fc1cccc(F)c1-n1cc(-c2cncc(O[C@H]3CCCNC3)n2)c2ccccc21. The van der Waals surface area contributed by atoms with E-state index < -0.39 is 11.6 Å². The largest absolute Gasteiger partial charge is 0.472 e. The molecule has 0 unspecified atom stereocenters. The number of benzene rings is 2. The molecule has 2 aromatic carbocycles. The molecule has 4 aromatic rings. The molecule has 0 bridgehead atoms. The lowest BCUT2D eigenvalue weighted by Crippen LogP contribution is -2.37. The summed E-state index contributed by atoms with van der Waals surface area (Å²) >= 11 is 0. The number of para-hydroxylation sites is 2. The number of fused-ring (bicyclic) bond motifs is 1. The van der Waals surface area contributed by atoms with Crippen LogP contribution in [0.1, 0.15) is 12.8 Å². The second-order valence-electron chi connectivity index (χ2n) is 7.33. The lowest BCUT2D eigenvalue weighted by molar-refractivity contribution is 0.160. The summed E-state index contributed by atoms with van der Waals surface area (Å²) < 4.78 is 36.5. The standard InChI is InChI=1S/C23H20F2N4O/c24-18-7-3-8-19(25)23(18)29-14-17(16-6-1-2-9-21(16)29)20-12-27-13-22(28-20)30-15-5-4-10-26-11-15/h1-3,6-9,12-15,26H,4-5,10-11H2/t15-/m0/s1. The van der Waals surface area contributed by atoms with Crippen LogP contribution in [-0.4, -0.2) is 33.7 Å². The molecule has 30 heavy (non-hydrogen) atoms. The lowest BCUT2D eigenvalue weighted by atomic mass is 10.1. The van der Waals surface area contributed by atoms with Crippen LogP contribution in [0.4, 0.5) is 8.78 Å². The number of rotatable bonds is 4. The maximum absolute atomic E-state index is 14.5. The monoisotopic (exact) mass is 406 g/mol. The van der Waals surface area contributed by atoms with E-state index in [4.69, 9.17) is 4.74 Å². The molecule has 1 fully saturated rings. The van der Waals surface area contributed by atoms with E-state index >= 15 is 0 Å². The molecule has 0 spiro atoms. The van der Waals surface area contributed by atoms with Crippen LogP contribution < -0.4 is 10.1 Å². The number of piperidine rings is 1. The van der Waals surface area contributed by atoms with E-state index in [1.165, 1.54) is 22.8 Å². The molecular formula is C23H20F2N4O. The van der Waals surface area contributed by atoms with E-state index in [2.05, 4.69) is 15.3 Å². The zero-order chi connectivity index (χ0) is 20.5. The normalized spacial score (nSPS) is 16.7. The van der Waals surface area contributed by atoms with Gasteiger partial charge in [0, 0.05) is 23.7 Å². The van der Waals surface area contributed by atoms with Crippen LogP contribution in [0.15, 0.2) is 61.1 Å². The van der Waals surface area contributed by atoms with Gasteiger partial charge in [-0.3, -0.25) is 4.98 Å². The molecule has 3 heterocycles. The van der Waals surface area contributed by atoms with Crippen LogP contribution in [0.5, 0.6) is 5.88 Å². The van der Waals surface area contributed by atoms with Gasteiger partial charge in [-0.25, -0.2) is 13.8 Å². The maximum atomic E-state index is 14.5. The van der Waals surface area contributed by atoms with Crippen molar-refractivity contribution in [2.75, 3.05) is 13.1 Å². The molecule has 1 N–H and O–H groups in total. The van der Waals surface area contributed by atoms with Crippen molar-refractivity contribution in [1.29, 1.82) is 0 Å². The fourth-order valence-electron chi connectivity index (χ4n) is 3.91. The maximum Gasteiger partial charge on any atom is 0.233 e. The summed E-state index contributed by atoms with van der Waals surface area (Å²) in [5, 5.41) is 4.14. The van der Waals surface area contributed by atoms with Gasteiger partial charge in [-0.15, -0.1) is 0 Å². The molecule has 1 saturated heterocycles. The van der Waals surface area contributed by atoms with E-state index in [9.17, 15) is 8.78 Å². The summed E-state index contributed by atoms with van der Waals surface area (Å²) in [6.45, 7) is 1.77. The Kier molecular flexibility index (Phi) is 4.88. The second kappa shape index (κ2) is 7.84. The molecule has 1 aliphatic rings. The Balaban J connectivity index is 1.60. The third kappa shape index (κ3) is 3.41. The Labute approximate surface area is 172 Å². The van der Waals surface area contributed by atoms with Gasteiger partial charge in [0.05, 0.1) is 23.6 Å². The van der Waals surface area contributed by atoms with Crippen LogP contribution in [0.3, 0.4) is 0 Å². The quantitative estimate of drug-likeness (QED) is 0.542. The molecule has 5 rings (SSSR count). The highest BCUT2D eigenvalue weighted by Gasteiger charge is 2.19. The number of ether oxygens (including phenoxy) is 1. The van der Waals surface area contributed by atoms with Gasteiger partial charge < -0.3 is 14.6 Å². The lowest BCUT2D eigenvalue weighted by Gasteiger charge is -2.23. The Bertz CT molecular complexity index is 1180. The molecule has 0 aliphatic carbocycles. The van der Waals surface area contributed by atoms with E-state index in [1.807, 2.05) is 24.3 Å². The summed E-state index contributed by atoms with van der Waals surface area (Å²) in [5.41, 5.74) is 1.88. The molecule has 152 valence electrons. The number of nitrogens with zero attached hydrogens (tertiary/aromatic N) is 3. The first-order valence-corrected chi connectivity index (χ1v) is 9.95. The minimum Gasteiger partial charge on any atom is -0.472 e. The molecular weight excluding hydrogens is 386 g/mol. The van der Waals surface area contributed by atoms with E-state index in [0.717, 1.165) is 36.9 Å². The number of nitrogens with one attached hydrogen (secondary N) is 1. The Morgan fingerprint density at radius 3 is 2.67 bits per heavy atom. The Hall–Kier alpha value is -3.32. The molecule has 0 radical (unpaired) electrons. The third-order valence-electron chi connectivity index (χ3n) is 5.32. The first-order chi connectivity index (χ1) is 14.7. The third-order valence-corrected chi connectivity index (χ3v) is 5.32. The highest BCUT2D eigenvalue weighted by atomic mass is 19.1. The fourth-order valence-corrected chi connectivity index (χ4v) is 3.91. The van der Waals surface area contributed by atoms with Crippen LogP contribution >= 0.6 is 0 Å². The predicted molar refractivity (Wildman–Crippen MR) is 111 cm³/mol. The van der Waals surface area contributed by atoms with Crippen molar-refractivity contribution in [1.82, 2.24) is 19.9 Å². The van der Waals surface area contributed by atoms with Gasteiger partial charge in [0.2, 0.25) is 5.88 Å². The average molecular weight is 406 g/mol. The topological polar surface area (TPSA) is 52.0 Å². The minimum atomic E-state index is -0.629. The van der Waals surface area contributed by atoms with Gasteiger partial charge in [-0.2, -0.15) is 0 Å². The van der Waals surface area contributed by atoms with Gasteiger partial charge in [-0.1, -0.05) is 24.3 Å². The highest BCUT2D eigenvalue weighted by molar-refractivity contribution is 5.96. The van der Waals surface area contributed by atoms with Gasteiger partial charge in [-0.05, 0) is 37.6 Å². The molecule has 2 aromatic heterocycles. The van der Waals surface area contributed by atoms with Crippen molar-refractivity contribution < 1.29 is 13.5 Å². The number of hydrogen-bond acceptors (Lipinski definition) is 4. The van der Waals surface area contributed by atoms with Crippen molar-refractivity contribution >= 4 is 10.9 Å². The predicted octanol–water partition coefficient (Wildman–Crippen LogP) is 4.50. The van der Waals surface area contributed by atoms with Crippen molar-refractivity contribution in [3.05, 3.63) is 72.7 Å². The van der Waals surface area contributed by atoms with Crippen LogP contribution in [0.25, 0.3) is 27.8 Å². The Morgan fingerprint density at radius 1 is 1.03 bits per heavy atom. The van der Waals surface area contributed by atoms with E-state index in [-0.39, 0.29) is 11.8 Å². The molecule has 7 heteroatoms. The van der Waals surface area contributed by atoms with Crippen LogP contribution in [0, 0.1) is 11.6 Å². The molecule has 0 amide bonds. The van der Waals surface area contributed by atoms with Gasteiger partial charge in [0.1, 0.15) is 23.4 Å². The number of hydrogen-bond donors (Lipinski definition) is 1. The highest BCUT2D eigenvalue weighted by Crippen LogP contribution is 2.33.